The number of urea groups is 1. The molecule has 10 heterocycles. The monoisotopic (exact) mass is 972 g/mol. The van der Waals surface area contributed by atoms with Crippen molar-refractivity contribution in [3.8, 4) is 28.3 Å². The van der Waals surface area contributed by atoms with Gasteiger partial charge in [0.25, 0.3) is 0 Å². The minimum absolute atomic E-state index is 0.0929. The third kappa shape index (κ3) is 10.3. The fourth-order valence-electron chi connectivity index (χ4n) is 10.1. The van der Waals surface area contributed by atoms with Gasteiger partial charge in [0.1, 0.15) is 5.75 Å². The zero-order valence-corrected chi connectivity index (χ0v) is 41.2. The lowest BCUT2D eigenvalue weighted by molar-refractivity contribution is 0.215. The molecule has 2 fully saturated rings. The Morgan fingerprint density at radius 2 is 1.25 bits per heavy atom. The number of hydrogen-bond acceptors (Lipinski definition) is 12. The van der Waals surface area contributed by atoms with Gasteiger partial charge in [0, 0.05) is 116 Å². The molecule has 3 N–H and O–H groups in total. The van der Waals surface area contributed by atoms with Gasteiger partial charge in [0.2, 0.25) is 0 Å². The van der Waals surface area contributed by atoms with Crippen LogP contribution in [0.15, 0.2) is 140 Å². The number of aryl methyl sites for hydroxylation is 4. The SMILES string of the molecule is Cc1cc(-c2ccc3c(n2)N(C(=O)Nc2ccc4nn(C)cc4c2)[C@H]2CCCN3C2)ccn1.Cc1cc(-c2ccc3c(n2)N[C@H]2CCCN3C2)ccn1.Cn1cc2cc(NC(=O)Oc3ccccc3)ccc2n1. The second-order valence-corrected chi connectivity index (χ2v) is 18.9. The number of piperidine rings is 2. The minimum atomic E-state index is -0.514. The Balaban J connectivity index is 0.000000124. The van der Waals surface area contributed by atoms with Crippen molar-refractivity contribution < 1.29 is 14.3 Å². The Morgan fingerprint density at radius 1 is 0.644 bits per heavy atom. The summed E-state index contributed by atoms with van der Waals surface area (Å²) in [5.74, 6) is 2.26. The van der Waals surface area contributed by atoms with Crippen LogP contribution in [0.4, 0.5) is 44.0 Å². The van der Waals surface area contributed by atoms with Crippen molar-refractivity contribution in [3.63, 3.8) is 0 Å². The fourth-order valence-corrected chi connectivity index (χ4v) is 10.1. The van der Waals surface area contributed by atoms with E-state index in [-0.39, 0.29) is 12.1 Å². The van der Waals surface area contributed by atoms with E-state index in [9.17, 15) is 9.59 Å². The molecule has 17 heteroatoms. The van der Waals surface area contributed by atoms with Crippen LogP contribution in [-0.4, -0.2) is 89.9 Å². The van der Waals surface area contributed by atoms with Crippen molar-refractivity contribution >= 4 is 68.3 Å². The molecule has 73 heavy (non-hydrogen) atoms. The number of aromatic nitrogens is 8. The van der Waals surface area contributed by atoms with Crippen LogP contribution in [0.25, 0.3) is 44.3 Å². The molecule has 4 bridgehead atoms. The lowest BCUT2D eigenvalue weighted by atomic mass is 9.99. The summed E-state index contributed by atoms with van der Waals surface area (Å²) in [5, 5.41) is 20.0. The Morgan fingerprint density at radius 3 is 1.90 bits per heavy atom. The molecule has 6 aromatic heterocycles. The molecule has 0 aliphatic carbocycles. The first kappa shape index (κ1) is 46.5. The van der Waals surface area contributed by atoms with E-state index < -0.39 is 6.09 Å². The van der Waals surface area contributed by atoms with Crippen LogP contribution in [0.2, 0.25) is 0 Å². The largest absolute Gasteiger partial charge is 0.417 e. The predicted octanol–water partition coefficient (Wildman–Crippen LogP) is 10.4. The van der Waals surface area contributed by atoms with Gasteiger partial charge in [-0.3, -0.25) is 29.5 Å². The van der Waals surface area contributed by atoms with Gasteiger partial charge in [0.15, 0.2) is 11.6 Å². The maximum atomic E-state index is 13.6. The van der Waals surface area contributed by atoms with E-state index in [1.807, 2.05) is 124 Å². The number of nitrogens with one attached hydrogen (secondary N) is 3. The van der Waals surface area contributed by atoms with Crippen LogP contribution in [-0.2, 0) is 14.1 Å². The number of ether oxygens (including phenoxy) is 1. The molecule has 0 radical (unpaired) electrons. The number of amides is 3. The van der Waals surface area contributed by atoms with E-state index in [4.69, 9.17) is 14.7 Å². The van der Waals surface area contributed by atoms with E-state index in [2.05, 4.69) is 70.2 Å². The number of anilines is 6. The molecule has 0 saturated carbocycles. The zero-order valence-electron chi connectivity index (χ0n) is 41.2. The highest BCUT2D eigenvalue weighted by Gasteiger charge is 2.38. The summed E-state index contributed by atoms with van der Waals surface area (Å²) < 4.78 is 8.68. The zero-order chi connectivity index (χ0) is 50.0. The Bertz CT molecular complexity index is 3480. The molecular weight excluding hydrogens is 917 g/mol. The Kier molecular flexibility index (Phi) is 12.8. The van der Waals surface area contributed by atoms with Crippen molar-refractivity contribution in [2.75, 3.05) is 56.8 Å². The fraction of sp³-hybridized carbons (Fsp3) is 0.250. The molecule has 9 aromatic rings. The first-order valence-corrected chi connectivity index (χ1v) is 24.7. The molecule has 0 unspecified atom stereocenters. The third-order valence-electron chi connectivity index (χ3n) is 13.5. The number of benzene rings is 3. The maximum absolute atomic E-state index is 13.6. The average molecular weight is 973 g/mol. The quantitative estimate of drug-likeness (QED) is 0.149. The summed E-state index contributed by atoms with van der Waals surface area (Å²) in [6, 6.07) is 37.2. The van der Waals surface area contributed by atoms with E-state index in [0.717, 1.165) is 118 Å². The number of nitrogens with zero attached hydrogens (tertiary/aromatic N) is 11. The lowest BCUT2D eigenvalue weighted by Crippen LogP contribution is -2.56. The molecule has 2 atom stereocenters. The minimum Gasteiger partial charge on any atom is -0.410 e. The van der Waals surface area contributed by atoms with Gasteiger partial charge in [0.05, 0.1) is 39.8 Å². The first-order chi connectivity index (χ1) is 35.5. The molecular formula is C56H56N14O3. The van der Waals surface area contributed by atoms with Gasteiger partial charge in [-0.2, -0.15) is 10.2 Å². The van der Waals surface area contributed by atoms with Crippen LogP contribution in [0.3, 0.4) is 0 Å². The van der Waals surface area contributed by atoms with E-state index >= 15 is 0 Å². The summed E-state index contributed by atoms with van der Waals surface area (Å²) >= 11 is 0. The molecule has 2 saturated heterocycles. The molecule has 368 valence electrons. The Hall–Kier alpha value is -8.86. The summed E-state index contributed by atoms with van der Waals surface area (Å²) in [6.07, 6.45) is 11.5. The third-order valence-corrected chi connectivity index (χ3v) is 13.5. The number of para-hydroxylation sites is 1. The number of rotatable bonds is 5. The van der Waals surface area contributed by atoms with Crippen molar-refractivity contribution in [2.45, 2.75) is 51.6 Å². The van der Waals surface area contributed by atoms with Crippen LogP contribution in [0, 0.1) is 13.8 Å². The normalized spacial score (nSPS) is 16.2. The number of pyridine rings is 4. The van der Waals surface area contributed by atoms with Gasteiger partial charge in [-0.15, -0.1) is 0 Å². The molecule has 13 rings (SSSR count). The van der Waals surface area contributed by atoms with Crippen molar-refractivity contribution in [2.24, 2.45) is 14.1 Å². The summed E-state index contributed by atoms with van der Waals surface area (Å²) in [6.45, 7) is 8.07. The van der Waals surface area contributed by atoms with Gasteiger partial charge in [-0.1, -0.05) is 18.2 Å². The van der Waals surface area contributed by atoms with Gasteiger partial charge >= 0.3 is 12.1 Å². The van der Waals surface area contributed by atoms with Crippen molar-refractivity contribution in [3.05, 3.63) is 151 Å². The van der Waals surface area contributed by atoms with E-state index in [1.165, 1.54) is 18.5 Å². The highest BCUT2D eigenvalue weighted by Crippen LogP contribution is 2.40. The van der Waals surface area contributed by atoms with Gasteiger partial charge in [-0.05, 0) is 137 Å². The number of hydrogen-bond donors (Lipinski definition) is 3. The van der Waals surface area contributed by atoms with Crippen LogP contribution >= 0.6 is 0 Å². The smallest absolute Gasteiger partial charge is 0.410 e. The van der Waals surface area contributed by atoms with E-state index in [0.29, 0.717) is 17.5 Å². The molecule has 3 amide bonds. The second-order valence-electron chi connectivity index (χ2n) is 18.9. The van der Waals surface area contributed by atoms with E-state index in [1.54, 1.807) is 33.8 Å². The lowest BCUT2D eigenvalue weighted by Gasteiger charge is -2.45. The molecule has 0 spiro atoms. The standard InChI is InChI=1S/C25H25N7O.C16H18N4.C15H13N3O2/c1-16-12-17(9-10-26-16)21-7-8-23-24(28-21)32(20-4-3-11-31(23)15-20)25(33)27-19-5-6-22-18(13-19)14-30(2)29-22;1-11-9-12(6-7-17-11)14-4-5-15-16(19-14)18-13-3-2-8-20(15)10-13;1-18-10-11-9-12(7-8-14(11)17-18)16-15(19)20-13-5-3-2-4-6-13/h5-10,12-14,20H,3-4,11,15H2,1-2H3,(H,27,33);4-7,9,13H,2-3,8,10H2,1H3,(H,18,19);2-10H,1H3,(H,16,19)/t20-;13-;/m00./s1. The van der Waals surface area contributed by atoms with Crippen LogP contribution in [0.5, 0.6) is 5.75 Å². The summed E-state index contributed by atoms with van der Waals surface area (Å²) in [5.41, 5.74) is 11.4. The Labute approximate surface area is 422 Å². The molecule has 17 nitrogen and oxygen atoms in total. The van der Waals surface area contributed by atoms with Gasteiger partial charge < -0.3 is 25.2 Å². The molecule has 3 aromatic carbocycles. The topological polar surface area (TPSA) is 176 Å². The number of carbonyl (C=O) groups excluding carboxylic acids is 2. The van der Waals surface area contributed by atoms with Crippen LogP contribution < -0.4 is 35.4 Å². The maximum Gasteiger partial charge on any atom is 0.417 e. The molecule has 4 aliphatic heterocycles. The highest BCUT2D eigenvalue weighted by atomic mass is 16.6. The first-order valence-electron chi connectivity index (χ1n) is 24.7. The van der Waals surface area contributed by atoms with Crippen molar-refractivity contribution in [1.82, 2.24) is 39.5 Å². The summed E-state index contributed by atoms with van der Waals surface area (Å²) in [4.78, 5) is 50.4. The van der Waals surface area contributed by atoms with Gasteiger partial charge in [-0.25, -0.2) is 19.6 Å². The number of carbonyl (C=O) groups is 2. The average Bonchev–Trinajstić information content (AvgIpc) is 3.96. The number of fused-ring (bicyclic) bond motifs is 10. The molecule has 4 aliphatic rings. The van der Waals surface area contributed by atoms with Crippen molar-refractivity contribution in [1.29, 1.82) is 0 Å². The predicted molar refractivity (Wildman–Crippen MR) is 288 cm³/mol. The highest BCUT2D eigenvalue weighted by molar-refractivity contribution is 6.05. The summed E-state index contributed by atoms with van der Waals surface area (Å²) in [7, 11) is 3.75. The second kappa shape index (κ2) is 20.1. The van der Waals surface area contributed by atoms with Crippen LogP contribution in [0.1, 0.15) is 37.1 Å².